The van der Waals surface area contributed by atoms with E-state index in [1.165, 1.54) is 10.9 Å². The third-order valence-corrected chi connectivity index (χ3v) is 3.72. The number of hydrogen-bond donors (Lipinski definition) is 1. The Balaban J connectivity index is 1.91. The second-order valence-corrected chi connectivity index (χ2v) is 5.49. The van der Waals surface area contributed by atoms with Crippen LogP contribution in [0, 0.1) is 0 Å². The van der Waals surface area contributed by atoms with E-state index < -0.39 is 23.5 Å². The van der Waals surface area contributed by atoms with Crippen molar-refractivity contribution >= 4 is 33.7 Å². The molecule has 8 heteroatoms. The molecule has 3 rings (SSSR count). The first-order valence-corrected chi connectivity index (χ1v) is 7.84. The number of nitrogens with one attached hydrogen (secondary N) is 1. The molecule has 1 unspecified atom stereocenters. The maximum absolute atomic E-state index is 12.2. The lowest BCUT2D eigenvalue weighted by Gasteiger charge is -2.13. The lowest BCUT2D eigenvalue weighted by molar-refractivity contribution is -0.146. The van der Waals surface area contributed by atoms with E-state index in [-0.39, 0.29) is 13.2 Å². The molecule has 2 heterocycles. The van der Waals surface area contributed by atoms with Crippen molar-refractivity contribution in [2.45, 2.75) is 26.4 Å². The Morgan fingerprint density at radius 3 is 2.84 bits per heavy atom. The Bertz CT molecular complexity index is 1000. The standard InChI is InChI=1S/C17H17N3O5/c1-3-24-16(22)10(2)19-14(21)9-20-15-11-6-4-5-7-13(11)25-17(23)12(15)8-18-20/h4-8,10H,3,9H2,1-2H3,(H,19,21). The maximum atomic E-state index is 12.2. The number of ether oxygens (including phenoxy) is 1. The number of carbonyl (C=O) groups excluding carboxylic acids is 2. The summed E-state index contributed by atoms with van der Waals surface area (Å²) in [5.41, 5.74) is 0.424. The highest BCUT2D eigenvalue weighted by atomic mass is 16.5. The van der Waals surface area contributed by atoms with E-state index in [0.29, 0.717) is 21.9 Å². The van der Waals surface area contributed by atoms with Gasteiger partial charge in [-0.25, -0.2) is 9.59 Å². The highest BCUT2D eigenvalue weighted by molar-refractivity contribution is 6.02. The van der Waals surface area contributed by atoms with E-state index in [0.717, 1.165) is 0 Å². The normalized spacial score (nSPS) is 12.2. The average Bonchev–Trinajstić information content (AvgIpc) is 2.99. The summed E-state index contributed by atoms with van der Waals surface area (Å²) in [6, 6.07) is 6.26. The van der Waals surface area contributed by atoms with E-state index in [1.54, 1.807) is 32.0 Å². The van der Waals surface area contributed by atoms with Crippen molar-refractivity contribution in [3.05, 3.63) is 40.9 Å². The number of para-hydroxylation sites is 1. The largest absolute Gasteiger partial charge is 0.464 e. The minimum absolute atomic E-state index is 0.138. The van der Waals surface area contributed by atoms with Crippen molar-refractivity contribution in [2.24, 2.45) is 0 Å². The van der Waals surface area contributed by atoms with E-state index >= 15 is 0 Å². The second kappa shape index (κ2) is 6.76. The number of nitrogens with zero attached hydrogens (tertiary/aromatic N) is 2. The first kappa shape index (κ1) is 16.7. The Morgan fingerprint density at radius 1 is 1.32 bits per heavy atom. The van der Waals surface area contributed by atoms with Crippen LogP contribution in [-0.4, -0.2) is 34.3 Å². The Kier molecular flexibility index (Phi) is 4.51. The summed E-state index contributed by atoms with van der Waals surface area (Å²) in [6.07, 6.45) is 1.37. The average molecular weight is 343 g/mol. The molecule has 1 aromatic carbocycles. The zero-order chi connectivity index (χ0) is 18.0. The number of rotatable bonds is 5. The molecule has 0 saturated heterocycles. The molecule has 0 fully saturated rings. The number of hydrogen-bond acceptors (Lipinski definition) is 6. The summed E-state index contributed by atoms with van der Waals surface area (Å²) in [6.45, 7) is 3.34. The van der Waals surface area contributed by atoms with Crippen molar-refractivity contribution in [1.29, 1.82) is 0 Å². The molecular weight excluding hydrogens is 326 g/mol. The molecule has 8 nitrogen and oxygen atoms in total. The molecule has 0 bridgehead atoms. The number of carbonyl (C=O) groups is 2. The van der Waals surface area contributed by atoms with Crippen LogP contribution in [0.15, 0.2) is 39.7 Å². The third kappa shape index (κ3) is 3.23. The molecule has 2 aromatic heterocycles. The SMILES string of the molecule is CCOC(=O)C(C)NC(=O)Cn1ncc2c(=O)oc3ccccc3c21. The molecule has 0 aliphatic carbocycles. The maximum Gasteiger partial charge on any atom is 0.347 e. The fourth-order valence-electron chi connectivity index (χ4n) is 2.59. The summed E-state index contributed by atoms with van der Waals surface area (Å²) in [7, 11) is 0. The fraction of sp³-hybridized carbons (Fsp3) is 0.294. The van der Waals surface area contributed by atoms with Crippen molar-refractivity contribution in [2.75, 3.05) is 6.61 Å². The van der Waals surface area contributed by atoms with Gasteiger partial charge in [0.15, 0.2) is 0 Å². The first-order valence-electron chi connectivity index (χ1n) is 7.84. The van der Waals surface area contributed by atoms with Crippen LogP contribution in [0.3, 0.4) is 0 Å². The van der Waals surface area contributed by atoms with E-state index in [4.69, 9.17) is 9.15 Å². The van der Waals surface area contributed by atoms with Gasteiger partial charge in [0.05, 0.1) is 18.3 Å². The molecule has 0 spiro atoms. The number of aromatic nitrogens is 2. The van der Waals surface area contributed by atoms with Gasteiger partial charge in [-0.15, -0.1) is 0 Å². The second-order valence-electron chi connectivity index (χ2n) is 5.49. The molecule has 3 aromatic rings. The van der Waals surface area contributed by atoms with Gasteiger partial charge >= 0.3 is 11.6 Å². The molecule has 25 heavy (non-hydrogen) atoms. The van der Waals surface area contributed by atoms with Crippen LogP contribution in [-0.2, 0) is 20.9 Å². The van der Waals surface area contributed by atoms with E-state index in [9.17, 15) is 14.4 Å². The van der Waals surface area contributed by atoms with Gasteiger partial charge in [-0.1, -0.05) is 12.1 Å². The molecule has 0 aliphatic heterocycles. The minimum atomic E-state index is -0.768. The number of benzene rings is 1. The van der Waals surface area contributed by atoms with Crippen LogP contribution in [0.1, 0.15) is 13.8 Å². The summed E-state index contributed by atoms with van der Waals surface area (Å²) in [4.78, 5) is 35.9. The lowest BCUT2D eigenvalue weighted by atomic mass is 10.2. The van der Waals surface area contributed by atoms with Gasteiger partial charge in [-0.05, 0) is 26.0 Å². The van der Waals surface area contributed by atoms with Crippen LogP contribution in [0.4, 0.5) is 0 Å². The molecule has 1 atom stereocenters. The van der Waals surface area contributed by atoms with Gasteiger partial charge in [0, 0.05) is 5.39 Å². The fourth-order valence-corrected chi connectivity index (χ4v) is 2.59. The Morgan fingerprint density at radius 2 is 2.08 bits per heavy atom. The van der Waals surface area contributed by atoms with Crippen LogP contribution < -0.4 is 10.9 Å². The molecule has 130 valence electrons. The van der Waals surface area contributed by atoms with Crippen molar-refractivity contribution in [3.63, 3.8) is 0 Å². The first-order chi connectivity index (χ1) is 12.0. The quantitative estimate of drug-likeness (QED) is 0.552. The van der Waals surface area contributed by atoms with Crippen molar-refractivity contribution < 1.29 is 18.7 Å². The summed E-state index contributed by atoms with van der Waals surface area (Å²) in [5, 5.41) is 7.65. The minimum Gasteiger partial charge on any atom is -0.464 e. The van der Waals surface area contributed by atoms with Crippen molar-refractivity contribution in [3.8, 4) is 0 Å². The number of fused-ring (bicyclic) bond motifs is 3. The molecule has 0 aliphatic rings. The third-order valence-electron chi connectivity index (χ3n) is 3.72. The molecule has 1 amide bonds. The van der Waals surface area contributed by atoms with Crippen LogP contribution >= 0.6 is 0 Å². The summed E-state index contributed by atoms with van der Waals surface area (Å²) >= 11 is 0. The summed E-state index contributed by atoms with van der Waals surface area (Å²) in [5.74, 6) is -0.921. The zero-order valence-corrected chi connectivity index (χ0v) is 13.8. The smallest absolute Gasteiger partial charge is 0.347 e. The van der Waals surface area contributed by atoms with Gasteiger partial charge in [0.1, 0.15) is 23.6 Å². The van der Waals surface area contributed by atoms with Gasteiger partial charge in [-0.3, -0.25) is 9.48 Å². The Labute approximate surface area is 142 Å². The molecule has 0 radical (unpaired) electrons. The van der Waals surface area contributed by atoms with Gasteiger partial charge in [-0.2, -0.15) is 5.10 Å². The van der Waals surface area contributed by atoms with E-state index in [1.807, 2.05) is 6.07 Å². The summed E-state index contributed by atoms with van der Waals surface area (Å²) < 4.78 is 11.5. The molecule has 0 saturated carbocycles. The van der Waals surface area contributed by atoms with Crippen LogP contribution in [0.25, 0.3) is 21.9 Å². The highest BCUT2D eigenvalue weighted by Gasteiger charge is 2.19. The molecule has 1 N–H and O–H groups in total. The highest BCUT2D eigenvalue weighted by Crippen LogP contribution is 2.22. The van der Waals surface area contributed by atoms with Crippen molar-refractivity contribution in [1.82, 2.24) is 15.1 Å². The lowest BCUT2D eigenvalue weighted by Crippen LogP contribution is -2.41. The van der Waals surface area contributed by atoms with Crippen LogP contribution in [0.2, 0.25) is 0 Å². The zero-order valence-electron chi connectivity index (χ0n) is 13.8. The van der Waals surface area contributed by atoms with Crippen LogP contribution in [0.5, 0.6) is 0 Å². The van der Waals surface area contributed by atoms with E-state index in [2.05, 4.69) is 10.4 Å². The molecular formula is C17H17N3O5. The predicted octanol–water partition coefficient (Wildman–Crippen LogP) is 1.21. The van der Waals surface area contributed by atoms with Gasteiger partial charge < -0.3 is 14.5 Å². The Hall–Kier alpha value is -3.16. The van der Waals surface area contributed by atoms with Gasteiger partial charge in [0.25, 0.3) is 0 Å². The number of amides is 1. The topological polar surface area (TPSA) is 103 Å². The predicted molar refractivity (Wildman–Crippen MR) is 90.0 cm³/mol. The monoisotopic (exact) mass is 343 g/mol. The van der Waals surface area contributed by atoms with Gasteiger partial charge in [0.2, 0.25) is 5.91 Å². The number of esters is 1.